The topological polar surface area (TPSA) is 55.6 Å². The molecule has 1 saturated carbocycles. The van der Waals surface area contributed by atoms with Crippen molar-refractivity contribution in [3.05, 3.63) is 22.1 Å². The van der Waals surface area contributed by atoms with Gasteiger partial charge in [0.25, 0.3) is 0 Å². The van der Waals surface area contributed by atoms with E-state index in [-0.39, 0.29) is 0 Å². The summed E-state index contributed by atoms with van der Waals surface area (Å²) in [5.41, 5.74) is 3.18. The number of rotatable bonds is 3. The Morgan fingerprint density at radius 2 is 2.11 bits per heavy atom. The first kappa shape index (κ1) is 12.6. The van der Waals surface area contributed by atoms with Crippen molar-refractivity contribution in [1.82, 2.24) is 19.7 Å². The highest BCUT2D eigenvalue weighted by molar-refractivity contribution is 9.10. The van der Waals surface area contributed by atoms with E-state index in [0.29, 0.717) is 5.92 Å². The molecule has 2 heterocycles. The van der Waals surface area contributed by atoms with Gasteiger partial charge in [-0.05, 0) is 35.7 Å². The molecule has 0 bridgehead atoms. The molecule has 0 saturated heterocycles. The summed E-state index contributed by atoms with van der Waals surface area (Å²) in [5.74, 6) is 2.16. The Balaban J connectivity index is 2.16. The minimum Gasteiger partial charge on any atom is -0.372 e. The lowest BCUT2D eigenvalue weighted by molar-refractivity contribution is 0.740. The van der Waals surface area contributed by atoms with Gasteiger partial charge in [-0.25, -0.2) is 9.97 Å². The largest absolute Gasteiger partial charge is 0.372 e. The predicted molar refractivity (Wildman–Crippen MR) is 78.2 cm³/mol. The van der Waals surface area contributed by atoms with Gasteiger partial charge in [-0.2, -0.15) is 5.10 Å². The van der Waals surface area contributed by atoms with Gasteiger partial charge in [-0.3, -0.25) is 4.68 Å². The molecule has 0 aromatic carbocycles. The Morgan fingerprint density at radius 3 is 2.63 bits per heavy atom. The minimum atomic E-state index is 0.570. The standard InChI is InChI=1S/C13H16BrN5/c1-7-9(6-16-19(7)3)12-17-11(8-4-5-8)10(14)13(15-2)18-12/h6,8H,4-5H2,1-3H3,(H,15,17,18). The fourth-order valence-electron chi connectivity index (χ4n) is 2.10. The summed E-state index contributed by atoms with van der Waals surface area (Å²) in [6, 6.07) is 0. The van der Waals surface area contributed by atoms with Gasteiger partial charge in [-0.15, -0.1) is 0 Å². The highest BCUT2D eigenvalue weighted by Crippen LogP contribution is 2.44. The molecular weight excluding hydrogens is 306 g/mol. The summed E-state index contributed by atoms with van der Waals surface area (Å²) < 4.78 is 2.83. The average Bonchev–Trinajstić information content (AvgIpc) is 3.19. The zero-order valence-corrected chi connectivity index (χ0v) is 12.8. The molecule has 1 fully saturated rings. The molecule has 0 unspecified atom stereocenters. The van der Waals surface area contributed by atoms with Crippen LogP contribution in [0.1, 0.15) is 30.1 Å². The van der Waals surface area contributed by atoms with E-state index in [1.54, 1.807) is 0 Å². The number of hydrogen-bond acceptors (Lipinski definition) is 4. The third-order valence-corrected chi connectivity index (χ3v) is 4.34. The molecule has 0 radical (unpaired) electrons. The molecule has 2 aromatic rings. The quantitative estimate of drug-likeness (QED) is 0.944. The second-order valence-electron chi connectivity index (χ2n) is 4.89. The summed E-state index contributed by atoms with van der Waals surface area (Å²) in [7, 11) is 3.81. The Hall–Kier alpha value is -1.43. The van der Waals surface area contributed by atoms with Crippen molar-refractivity contribution in [1.29, 1.82) is 0 Å². The Morgan fingerprint density at radius 1 is 1.37 bits per heavy atom. The highest BCUT2D eigenvalue weighted by atomic mass is 79.9. The Bertz CT molecular complexity index is 630. The number of hydrogen-bond donors (Lipinski definition) is 1. The van der Waals surface area contributed by atoms with Gasteiger partial charge in [0, 0.05) is 25.7 Å². The van der Waals surface area contributed by atoms with Gasteiger partial charge in [0.2, 0.25) is 0 Å². The van der Waals surface area contributed by atoms with Gasteiger partial charge in [0.1, 0.15) is 5.82 Å². The molecule has 1 aliphatic carbocycles. The van der Waals surface area contributed by atoms with E-state index >= 15 is 0 Å². The van der Waals surface area contributed by atoms with Crippen LogP contribution in [0.4, 0.5) is 5.82 Å². The number of nitrogens with one attached hydrogen (secondary N) is 1. The van der Waals surface area contributed by atoms with E-state index in [1.165, 1.54) is 12.8 Å². The number of aromatic nitrogens is 4. The van der Waals surface area contributed by atoms with Gasteiger partial charge < -0.3 is 5.32 Å². The maximum Gasteiger partial charge on any atom is 0.165 e. The van der Waals surface area contributed by atoms with E-state index in [0.717, 1.165) is 33.1 Å². The molecule has 1 N–H and O–H groups in total. The van der Waals surface area contributed by atoms with Crippen LogP contribution in [-0.2, 0) is 7.05 Å². The molecule has 100 valence electrons. The zero-order valence-electron chi connectivity index (χ0n) is 11.2. The SMILES string of the molecule is CNc1nc(-c2cnn(C)c2C)nc(C2CC2)c1Br. The number of aryl methyl sites for hydroxylation is 1. The lowest BCUT2D eigenvalue weighted by Crippen LogP contribution is -2.03. The third-order valence-electron chi connectivity index (χ3n) is 3.55. The first-order valence-corrected chi connectivity index (χ1v) is 7.15. The van der Waals surface area contributed by atoms with Gasteiger partial charge in [-0.1, -0.05) is 0 Å². The van der Waals surface area contributed by atoms with Gasteiger partial charge in [0.15, 0.2) is 5.82 Å². The predicted octanol–water partition coefficient (Wildman–Crippen LogP) is 2.87. The van der Waals surface area contributed by atoms with Gasteiger partial charge >= 0.3 is 0 Å². The molecule has 19 heavy (non-hydrogen) atoms. The van der Waals surface area contributed by atoms with Crippen molar-refractivity contribution in [2.75, 3.05) is 12.4 Å². The average molecular weight is 322 g/mol. The monoisotopic (exact) mass is 321 g/mol. The van der Waals surface area contributed by atoms with Crippen LogP contribution in [0.2, 0.25) is 0 Å². The minimum absolute atomic E-state index is 0.570. The fraction of sp³-hybridized carbons (Fsp3) is 0.462. The molecule has 0 aliphatic heterocycles. The van der Waals surface area contributed by atoms with E-state index < -0.39 is 0 Å². The van der Waals surface area contributed by atoms with Crippen molar-refractivity contribution in [3.8, 4) is 11.4 Å². The maximum atomic E-state index is 4.74. The van der Waals surface area contributed by atoms with E-state index in [1.807, 2.05) is 31.9 Å². The summed E-state index contributed by atoms with van der Waals surface area (Å²) in [5, 5.41) is 7.39. The smallest absolute Gasteiger partial charge is 0.165 e. The lowest BCUT2D eigenvalue weighted by atomic mass is 10.2. The Kier molecular flexibility index (Phi) is 3.05. The molecule has 2 aromatic heterocycles. The molecule has 1 aliphatic rings. The summed E-state index contributed by atoms with van der Waals surface area (Å²) in [6.07, 6.45) is 4.25. The van der Waals surface area contributed by atoms with E-state index in [9.17, 15) is 0 Å². The molecule has 0 amide bonds. The summed E-state index contributed by atoms with van der Waals surface area (Å²) in [4.78, 5) is 9.32. The van der Waals surface area contributed by atoms with E-state index in [4.69, 9.17) is 4.98 Å². The van der Waals surface area contributed by atoms with Crippen LogP contribution in [0.25, 0.3) is 11.4 Å². The molecule has 0 atom stereocenters. The number of anilines is 1. The molecule has 0 spiro atoms. The molecular formula is C13H16BrN5. The van der Waals surface area contributed by atoms with Crippen LogP contribution in [0.15, 0.2) is 10.7 Å². The van der Waals surface area contributed by atoms with Crippen molar-refractivity contribution >= 4 is 21.7 Å². The zero-order chi connectivity index (χ0) is 13.6. The second-order valence-corrected chi connectivity index (χ2v) is 5.68. The van der Waals surface area contributed by atoms with Crippen molar-refractivity contribution < 1.29 is 0 Å². The van der Waals surface area contributed by atoms with Crippen LogP contribution in [0.5, 0.6) is 0 Å². The van der Waals surface area contributed by atoms with Crippen molar-refractivity contribution in [2.24, 2.45) is 7.05 Å². The number of halogens is 1. The molecule has 6 heteroatoms. The first-order valence-electron chi connectivity index (χ1n) is 6.36. The van der Waals surface area contributed by atoms with Crippen LogP contribution < -0.4 is 5.32 Å². The summed E-state index contributed by atoms with van der Waals surface area (Å²) in [6.45, 7) is 2.03. The third kappa shape index (κ3) is 2.14. The van der Waals surface area contributed by atoms with Crippen LogP contribution in [-0.4, -0.2) is 26.8 Å². The number of nitrogens with zero attached hydrogens (tertiary/aromatic N) is 4. The highest BCUT2D eigenvalue weighted by Gasteiger charge is 2.29. The van der Waals surface area contributed by atoms with Crippen LogP contribution >= 0.6 is 15.9 Å². The van der Waals surface area contributed by atoms with E-state index in [2.05, 4.69) is 31.3 Å². The van der Waals surface area contributed by atoms with Crippen LogP contribution in [0, 0.1) is 6.92 Å². The van der Waals surface area contributed by atoms with Crippen LogP contribution in [0.3, 0.4) is 0 Å². The normalized spacial score (nSPS) is 14.7. The molecule has 5 nitrogen and oxygen atoms in total. The second kappa shape index (κ2) is 4.59. The Labute approximate surface area is 120 Å². The fourth-order valence-corrected chi connectivity index (χ4v) is 2.80. The van der Waals surface area contributed by atoms with Crippen molar-refractivity contribution in [2.45, 2.75) is 25.7 Å². The lowest BCUT2D eigenvalue weighted by Gasteiger charge is -2.10. The van der Waals surface area contributed by atoms with Gasteiger partial charge in [0.05, 0.1) is 21.9 Å². The first-order chi connectivity index (χ1) is 9.11. The molecule has 3 rings (SSSR count). The summed E-state index contributed by atoms with van der Waals surface area (Å²) >= 11 is 3.60. The van der Waals surface area contributed by atoms with Crippen molar-refractivity contribution in [3.63, 3.8) is 0 Å². The maximum absolute atomic E-state index is 4.74.